The van der Waals surface area contributed by atoms with Crippen molar-refractivity contribution in [3.05, 3.63) is 201 Å². The minimum atomic E-state index is -0.993. The zero-order chi connectivity index (χ0) is 53.3. The summed E-state index contributed by atoms with van der Waals surface area (Å²) < 4.78 is 11.7. The van der Waals surface area contributed by atoms with Crippen LogP contribution in [-0.4, -0.2) is 80.2 Å². The van der Waals surface area contributed by atoms with Gasteiger partial charge in [0, 0.05) is 61.2 Å². The lowest BCUT2D eigenvalue weighted by Crippen LogP contribution is -2.58. The first-order valence-electron chi connectivity index (χ1n) is 26.7. The second-order valence-electron chi connectivity index (χ2n) is 23.1. The average Bonchev–Trinajstić information content (AvgIpc) is 3.37. The number of benzene rings is 6. The summed E-state index contributed by atoms with van der Waals surface area (Å²) in [5.41, 5.74) is 6.89. The van der Waals surface area contributed by atoms with Gasteiger partial charge in [0.1, 0.15) is 11.5 Å². The average molecular weight is 1020 g/mol. The molecule has 4 unspecified atom stereocenters. The van der Waals surface area contributed by atoms with Crippen molar-refractivity contribution in [3.8, 4) is 11.5 Å². The van der Waals surface area contributed by atoms with E-state index in [4.69, 9.17) is 9.47 Å². The zero-order valence-corrected chi connectivity index (χ0v) is 44.0. The van der Waals surface area contributed by atoms with E-state index >= 15 is 0 Å². The molecule has 10 heteroatoms. The van der Waals surface area contributed by atoms with Crippen molar-refractivity contribution in [2.75, 3.05) is 13.2 Å². The smallest absolute Gasteiger partial charge is 0.306 e. The molecule has 0 aliphatic heterocycles. The number of carbonyl (C=O) groups is 2. The lowest BCUT2D eigenvalue weighted by molar-refractivity contribution is -0.189. The number of aliphatic hydroxyl groups is 4. The number of esters is 2. The topological polar surface area (TPSA) is 174 Å². The molecule has 0 bridgehead atoms. The Balaban J connectivity index is 0.834. The second kappa shape index (κ2) is 24.1. The lowest BCUT2D eigenvalue weighted by Gasteiger charge is -2.56. The summed E-state index contributed by atoms with van der Waals surface area (Å²) in [6.07, 6.45) is 0.205. The van der Waals surface area contributed by atoms with Gasteiger partial charge < -0.3 is 40.1 Å². The van der Waals surface area contributed by atoms with Crippen LogP contribution in [0.3, 0.4) is 0 Å². The van der Waals surface area contributed by atoms with Gasteiger partial charge in [-0.3, -0.25) is 9.59 Å². The molecule has 2 fully saturated rings. The number of ether oxygens (including phenoxy) is 2. The molecule has 1 spiro atoms. The second-order valence-corrected chi connectivity index (χ2v) is 23.1. The van der Waals surface area contributed by atoms with Gasteiger partial charge >= 0.3 is 11.9 Å². The maximum Gasteiger partial charge on any atom is 0.306 e. The van der Waals surface area contributed by atoms with Gasteiger partial charge in [-0.25, -0.2) is 0 Å². The summed E-state index contributed by atoms with van der Waals surface area (Å²) in [6, 6.07) is 47.7. The van der Waals surface area contributed by atoms with Crippen LogP contribution in [0.5, 0.6) is 11.5 Å². The van der Waals surface area contributed by atoms with E-state index in [1.807, 2.05) is 173 Å². The van der Waals surface area contributed by atoms with Crippen LogP contribution >= 0.6 is 0 Å². The van der Waals surface area contributed by atoms with Crippen LogP contribution in [0, 0.1) is 28.1 Å². The third-order valence-corrected chi connectivity index (χ3v) is 16.1. The molecular formula is C65H76O10. The van der Waals surface area contributed by atoms with Crippen molar-refractivity contribution in [2.45, 2.75) is 129 Å². The summed E-state index contributed by atoms with van der Waals surface area (Å²) in [6.45, 7) is 7.47. The fourth-order valence-electron chi connectivity index (χ4n) is 12.5. The molecule has 0 heterocycles. The van der Waals surface area contributed by atoms with Crippen LogP contribution in [0.15, 0.2) is 146 Å². The van der Waals surface area contributed by atoms with Crippen LogP contribution in [0.25, 0.3) is 0 Å². The molecule has 10 nitrogen and oxygen atoms in total. The Morgan fingerprint density at radius 3 is 0.947 bits per heavy atom. The van der Waals surface area contributed by atoms with Gasteiger partial charge in [-0.1, -0.05) is 173 Å². The summed E-state index contributed by atoms with van der Waals surface area (Å²) >= 11 is 0. The number of phenols is 2. The van der Waals surface area contributed by atoms with Crippen molar-refractivity contribution in [1.82, 2.24) is 0 Å². The van der Waals surface area contributed by atoms with Crippen molar-refractivity contribution in [1.29, 1.82) is 0 Å². The van der Waals surface area contributed by atoms with Crippen LogP contribution < -0.4 is 0 Å². The first-order valence-corrected chi connectivity index (χ1v) is 26.7. The summed E-state index contributed by atoms with van der Waals surface area (Å²) in [7, 11) is 0. The third-order valence-electron chi connectivity index (χ3n) is 16.1. The van der Waals surface area contributed by atoms with Crippen molar-refractivity contribution < 1.29 is 49.7 Å². The Bertz CT molecular complexity index is 2480. The number of phenolic OH excluding ortho intramolecular Hbond substituents is 2. The van der Waals surface area contributed by atoms with Gasteiger partial charge in [-0.05, 0) is 99.6 Å². The Hall–Kier alpha value is -6.30. The molecule has 2 saturated carbocycles. The number of aryl methyl sites for hydroxylation is 2. The van der Waals surface area contributed by atoms with E-state index in [0.29, 0.717) is 38.5 Å². The predicted octanol–water partition coefficient (Wildman–Crippen LogP) is 10.4. The molecule has 75 heavy (non-hydrogen) atoms. The van der Waals surface area contributed by atoms with Crippen LogP contribution in [0.4, 0.5) is 0 Å². The first-order chi connectivity index (χ1) is 35.9. The fraction of sp³-hybridized carbons (Fsp3) is 0.415. The van der Waals surface area contributed by atoms with E-state index in [2.05, 4.69) is 0 Å². The molecule has 0 aromatic heterocycles. The monoisotopic (exact) mass is 1020 g/mol. The van der Waals surface area contributed by atoms with Gasteiger partial charge in [0.15, 0.2) is 0 Å². The molecule has 0 radical (unpaired) electrons. The number of aromatic hydroxyl groups is 2. The molecule has 0 amide bonds. The SMILES string of the molecule is CC(C)(COC(=O)CCc1cc(Cc2ccccc2)c(O)c(Cc2ccccc2)c1)C1C(O)CC2(CC1O)CC(O)C(C(C)(C)COC(=O)CCc1cc(Cc3ccccc3)c(O)c(Cc3ccccc3)c1)C(O)C2. The van der Waals surface area contributed by atoms with E-state index in [1.165, 1.54) is 0 Å². The van der Waals surface area contributed by atoms with E-state index in [1.54, 1.807) is 0 Å². The Morgan fingerprint density at radius 1 is 0.440 bits per heavy atom. The van der Waals surface area contributed by atoms with Gasteiger partial charge in [0.2, 0.25) is 0 Å². The molecule has 2 aliphatic rings. The summed E-state index contributed by atoms with van der Waals surface area (Å²) in [5.74, 6) is -1.57. The van der Waals surface area contributed by atoms with Gasteiger partial charge in [-0.15, -0.1) is 0 Å². The Kier molecular flexibility index (Phi) is 17.7. The highest BCUT2D eigenvalue weighted by molar-refractivity contribution is 5.70. The molecule has 0 saturated heterocycles. The number of rotatable bonds is 20. The quantitative estimate of drug-likeness (QED) is 0.0404. The Labute approximate surface area is 443 Å². The molecule has 4 atom stereocenters. The normalized spacial score (nSPS) is 21.9. The van der Waals surface area contributed by atoms with E-state index in [0.717, 1.165) is 55.6 Å². The Morgan fingerprint density at radius 2 is 0.693 bits per heavy atom. The fourth-order valence-corrected chi connectivity index (χ4v) is 12.5. The van der Waals surface area contributed by atoms with E-state index in [-0.39, 0.29) is 63.2 Å². The molecule has 2 aliphatic carbocycles. The van der Waals surface area contributed by atoms with Gasteiger partial charge in [0.05, 0.1) is 37.6 Å². The lowest BCUT2D eigenvalue weighted by atomic mass is 9.53. The summed E-state index contributed by atoms with van der Waals surface area (Å²) in [4.78, 5) is 26.8. The van der Waals surface area contributed by atoms with Crippen molar-refractivity contribution >= 4 is 11.9 Å². The highest BCUT2D eigenvalue weighted by Crippen LogP contribution is 2.55. The standard InChI is InChI=1S/C65H76O10/c1-63(2,41-74-57(70)27-25-47-33-49(29-43-17-9-5-10-18-43)61(72)50(34-47)30-44-19-11-6-12-20-44)59-53(66)37-65(38-54(59)67)39-55(68)60(56(69)40-65)64(3,4)42-75-58(71)28-26-48-35-51(31-45-21-13-7-14-22-45)62(73)52(36-48)32-46-23-15-8-16-24-46/h5-24,33-36,53-56,59-60,66-69,72-73H,25-32,37-42H2,1-4H3. The zero-order valence-electron chi connectivity index (χ0n) is 44.0. The molecule has 6 N–H and O–H groups in total. The number of carbonyl (C=O) groups excluding carboxylic acids is 2. The molecule has 6 aromatic carbocycles. The highest BCUT2D eigenvalue weighted by atomic mass is 16.5. The minimum Gasteiger partial charge on any atom is -0.507 e. The molecule has 396 valence electrons. The first kappa shape index (κ1) is 54.9. The maximum absolute atomic E-state index is 13.4. The van der Waals surface area contributed by atoms with Crippen LogP contribution in [-0.2, 0) is 57.6 Å². The number of hydrogen-bond acceptors (Lipinski definition) is 10. The molecule has 8 rings (SSSR count). The molecule has 6 aromatic rings. The third kappa shape index (κ3) is 14.2. The van der Waals surface area contributed by atoms with Crippen LogP contribution in [0.1, 0.15) is 122 Å². The summed E-state index contributed by atoms with van der Waals surface area (Å²) in [5, 5.41) is 69.9. The predicted molar refractivity (Wildman–Crippen MR) is 291 cm³/mol. The largest absolute Gasteiger partial charge is 0.507 e. The highest BCUT2D eigenvalue weighted by Gasteiger charge is 2.56. The van der Waals surface area contributed by atoms with E-state index in [9.17, 15) is 40.2 Å². The van der Waals surface area contributed by atoms with Crippen molar-refractivity contribution in [3.63, 3.8) is 0 Å². The maximum atomic E-state index is 13.4. The van der Waals surface area contributed by atoms with Crippen molar-refractivity contribution in [2.24, 2.45) is 28.1 Å². The number of aliphatic hydroxyl groups excluding tert-OH is 4. The number of hydrogen-bond donors (Lipinski definition) is 6. The molecular weight excluding hydrogens is 941 g/mol. The van der Waals surface area contributed by atoms with E-state index < -0.39 is 64.4 Å². The van der Waals surface area contributed by atoms with Gasteiger partial charge in [-0.2, -0.15) is 0 Å². The minimum absolute atomic E-state index is 0.0223. The van der Waals surface area contributed by atoms with Crippen LogP contribution in [0.2, 0.25) is 0 Å². The van der Waals surface area contributed by atoms with Gasteiger partial charge in [0.25, 0.3) is 0 Å².